The van der Waals surface area contributed by atoms with Crippen molar-refractivity contribution in [2.45, 2.75) is 12.8 Å². The first kappa shape index (κ1) is 16.7. The number of halogens is 1. The molecule has 2 unspecified atom stereocenters. The predicted molar refractivity (Wildman–Crippen MR) is 95.1 cm³/mol. The molecule has 124 valence electrons. The van der Waals surface area contributed by atoms with Gasteiger partial charge in [-0.2, -0.15) is 0 Å². The predicted octanol–water partition coefficient (Wildman–Crippen LogP) is 3.70. The summed E-state index contributed by atoms with van der Waals surface area (Å²) >= 11 is 3.44. The van der Waals surface area contributed by atoms with Gasteiger partial charge in [0, 0.05) is 23.5 Å². The molecule has 0 radical (unpaired) electrons. The van der Waals surface area contributed by atoms with Gasteiger partial charge < -0.3 is 10.0 Å². The highest BCUT2D eigenvalue weighted by molar-refractivity contribution is 9.10. The van der Waals surface area contributed by atoms with E-state index in [1.807, 2.05) is 49.4 Å². The Morgan fingerprint density at radius 3 is 2.46 bits per heavy atom. The van der Waals surface area contributed by atoms with Gasteiger partial charge in [0.1, 0.15) is 0 Å². The first-order valence-electron chi connectivity index (χ1n) is 7.80. The number of hydrogen-bond donors (Lipinski definition) is 1. The fraction of sp³-hybridized carbons (Fsp3) is 0.263. The van der Waals surface area contributed by atoms with Gasteiger partial charge in [0.15, 0.2) is 0 Å². The van der Waals surface area contributed by atoms with Crippen LogP contribution in [0.2, 0.25) is 0 Å². The number of nitrogens with zero attached hydrogens (tertiary/aromatic N) is 1. The SMILES string of the molecule is Cc1ccc(C(=O)N2CC(C(=O)O)C(c3ccccc3)C2)c(Br)c1. The molecule has 1 saturated heterocycles. The van der Waals surface area contributed by atoms with Crippen LogP contribution in [0.4, 0.5) is 0 Å². The normalized spacial score (nSPS) is 20.2. The molecule has 1 fully saturated rings. The molecule has 1 N–H and O–H groups in total. The molecule has 3 rings (SSSR count). The lowest BCUT2D eigenvalue weighted by Crippen LogP contribution is -2.30. The summed E-state index contributed by atoms with van der Waals surface area (Å²) in [5, 5.41) is 9.56. The summed E-state index contributed by atoms with van der Waals surface area (Å²) in [4.78, 5) is 26.1. The smallest absolute Gasteiger partial charge is 0.308 e. The van der Waals surface area contributed by atoms with Crippen molar-refractivity contribution < 1.29 is 14.7 Å². The van der Waals surface area contributed by atoms with Crippen molar-refractivity contribution in [2.75, 3.05) is 13.1 Å². The Bertz CT molecular complexity index is 775. The second kappa shape index (κ2) is 6.77. The molecule has 1 amide bonds. The molecule has 2 aromatic rings. The van der Waals surface area contributed by atoms with Crippen molar-refractivity contribution in [1.29, 1.82) is 0 Å². The number of carboxylic acids is 1. The van der Waals surface area contributed by atoms with Gasteiger partial charge >= 0.3 is 5.97 Å². The lowest BCUT2D eigenvalue weighted by Gasteiger charge is -2.17. The summed E-state index contributed by atoms with van der Waals surface area (Å²) in [7, 11) is 0. The van der Waals surface area contributed by atoms with E-state index in [0.717, 1.165) is 15.6 Å². The zero-order valence-corrected chi connectivity index (χ0v) is 14.9. The summed E-state index contributed by atoms with van der Waals surface area (Å²) in [6.45, 7) is 2.61. The van der Waals surface area contributed by atoms with E-state index in [4.69, 9.17) is 0 Å². The Hall–Kier alpha value is -2.14. The van der Waals surface area contributed by atoms with E-state index in [1.165, 1.54) is 0 Å². The summed E-state index contributed by atoms with van der Waals surface area (Å²) in [5.74, 6) is -1.76. The molecule has 0 saturated carbocycles. The van der Waals surface area contributed by atoms with Crippen molar-refractivity contribution in [3.05, 3.63) is 69.7 Å². The van der Waals surface area contributed by atoms with Gasteiger partial charge in [0.2, 0.25) is 0 Å². The maximum Gasteiger partial charge on any atom is 0.308 e. The van der Waals surface area contributed by atoms with Crippen LogP contribution in [0.25, 0.3) is 0 Å². The fourth-order valence-electron chi connectivity index (χ4n) is 3.22. The van der Waals surface area contributed by atoms with Gasteiger partial charge in [0.05, 0.1) is 11.5 Å². The third-order valence-electron chi connectivity index (χ3n) is 4.51. The van der Waals surface area contributed by atoms with E-state index in [2.05, 4.69) is 15.9 Å². The number of carboxylic acid groups (broad SMARTS) is 1. The van der Waals surface area contributed by atoms with Gasteiger partial charge in [-0.25, -0.2) is 0 Å². The van der Waals surface area contributed by atoms with E-state index in [-0.39, 0.29) is 18.4 Å². The van der Waals surface area contributed by atoms with Gasteiger partial charge in [0.25, 0.3) is 5.91 Å². The Morgan fingerprint density at radius 2 is 1.83 bits per heavy atom. The Kier molecular flexibility index (Phi) is 4.71. The van der Waals surface area contributed by atoms with Crippen molar-refractivity contribution in [3.63, 3.8) is 0 Å². The van der Waals surface area contributed by atoms with E-state index in [1.54, 1.807) is 11.0 Å². The van der Waals surface area contributed by atoms with Crippen LogP contribution in [-0.4, -0.2) is 35.0 Å². The van der Waals surface area contributed by atoms with Crippen LogP contribution in [0.15, 0.2) is 53.0 Å². The molecule has 24 heavy (non-hydrogen) atoms. The minimum Gasteiger partial charge on any atom is -0.481 e. The average Bonchev–Trinajstić information content (AvgIpc) is 3.01. The van der Waals surface area contributed by atoms with Crippen LogP contribution in [0.3, 0.4) is 0 Å². The highest BCUT2D eigenvalue weighted by Crippen LogP contribution is 2.34. The van der Waals surface area contributed by atoms with E-state index in [0.29, 0.717) is 12.1 Å². The monoisotopic (exact) mass is 387 g/mol. The Balaban J connectivity index is 1.87. The van der Waals surface area contributed by atoms with Crippen molar-refractivity contribution in [2.24, 2.45) is 5.92 Å². The zero-order chi connectivity index (χ0) is 17.3. The minimum absolute atomic E-state index is 0.133. The number of hydrogen-bond acceptors (Lipinski definition) is 2. The molecule has 2 aromatic carbocycles. The summed E-state index contributed by atoms with van der Waals surface area (Å²) in [5.41, 5.74) is 2.59. The molecule has 1 aliphatic rings. The number of rotatable bonds is 3. The highest BCUT2D eigenvalue weighted by Gasteiger charge is 2.40. The molecule has 4 nitrogen and oxygen atoms in total. The van der Waals surface area contributed by atoms with Crippen molar-refractivity contribution >= 4 is 27.8 Å². The Morgan fingerprint density at radius 1 is 1.12 bits per heavy atom. The molecule has 1 heterocycles. The quantitative estimate of drug-likeness (QED) is 0.873. The highest BCUT2D eigenvalue weighted by atomic mass is 79.9. The second-order valence-corrected chi connectivity index (χ2v) is 7.01. The van der Waals surface area contributed by atoms with Gasteiger partial charge in [-0.1, -0.05) is 36.4 Å². The standard InChI is InChI=1S/C19H18BrNO3/c1-12-7-8-14(17(20)9-12)18(22)21-10-15(16(11-21)19(23)24)13-5-3-2-4-6-13/h2-9,15-16H,10-11H2,1H3,(H,23,24). The lowest BCUT2D eigenvalue weighted by atomic mass is 9.89. The van der Waals surface area contributed by atoms with Crippen LogP contribution >= 0.6 is 15.9 Å². The third-order valence-corrected chi connectivity index (χ3v) is 5.16. The van der Waals surface area contributed by atoms with E-state index < -0.39 is 11.9 Å². The lowest BCUT2D eigenvalue weighted by molar-refractivity contribution is -0.141. The summed E-state index contributed by atoms with van der Waals surface area (Å²) < 4.78 is 0.738. The maximum absolute atomic E-state index is 12.8. The maximum atomic E-state index is 12.8. The molecule has 0 aliphatic carbocycles. The van der Waals surface area contributed by atoms with Crippen LogP contribution in [0, 0.1) is 12.8 Å². The van der Waals surface area contributed by atoms with Crippen LogP contribution in [0.1, 0.15) is 27.4 Å². The van der Waals surface area contributed by atoms with Crippen molar-refractivity contribution in [1.82, 2.24) is 4.90 Å². The molecule has 1 aliphatic heterocycles. The number of benzene rings is 2. The third kappa shape index (κ3) is 3.22. The molecule has 0 aromatic heterocycles. The zero-order valence-electron chi connectivity index (χ0n) is 13.3. The molecular weight excluding hydrogens is 370 g/mol. The number of aryl methyl sites for hydroxylation is 1. The number of carbonyl (C=O) groups excluding carboxylic acids is 1. The number of carbonyl (C=O) groups is 2. The number of likely N-dealkylation sites (tertiary alicyclic amines) is 1. The molecule has 2 atom stereocenters. The van der Waals surface area contributed by atoms with Gasteiger partial charge in [-0.05, 0) is 46.1 Å². The van der Waals surface area contributed by atoms with E-state index in [9.17, 15) is 14.7 Å². The minimum atomic E-state index is -0.859. The Labute approximate surface area is 149 Å². The summed E-state index contributed by atoms with van der Waals surface area (Å²) in [6, 6.07) is 15.1. The van der Waals surface area contributed by atoms with Crippen LogP contribution in [-0.2, 0) is 4.79 Å². The first-order chi connectivity index (χ1) is 11.5. The number of aliphatic carboxylic acids is 1. The summed E-state index contributed by atoms with van der Waals surface area (Å²) in [6.07, 6.45) is 0. The topological polar surface area (TPSA) is 57.6 Å². The fourth-order valence-corrected chi connectivity index (χ4v) is 3.88. The molecule has 0 spiro atoms. The molecule has 0 bridgehead atoms. The molecule has 5 heteroatoms. The first-order valence-corrected chi connectivity index (χ1v) is 8.60. The molecular formula is C19H18BrNO3. The largest absolute Gasteiger partial charge is 0.481 e. The second-order valence-electron chi connectivity index (χ2n) is 6.16. The van der Waals surface area contributed by atoms with E-state index >= 15 is 0 Å². The van der Waals surface area contributed by atoms with Gasteiger partial charge in [-0.15, -0.1) is 0 Å². The van der Waals surface area contributed by atoms with Crippen LogP contribution < -0.4 is 0 Å². The number of amides is 1. The van der Waals surface area contributed by atoms with Crippen LogP contribution in [0.5, 0.6) is 0 Å². The van der Waals surface area contributed by atoms with Gasteiger partial charge in [-0.3, -0.25) is 9.59 Å². The average molecular weight is 388 g/mol. The van der Waals surface area contributed by atoms with Crippen molar-refractivity contribution in [3.8, 4) is 0 Å².